The standard InChI is InChI=1S/C16H18N2O/c1-9-7-10(2)15(18)11(3)14(9)16(19)12-5-4-6-13(17)8-12/h4-8H,17-18H2,1-3H3. The van der Waals surface area contributed by atoms with Crippen LogP contribution in [0.2, 0.25) is 0 Å². The molecule has 3 heteroatoms. The highest BCUT2D eigenvalue weighted by molar-refractivity contribution is 6.12. The Bertz CT molecular complexity index is 660. The SMILES string of the molecule is Cc1cc(C)c(C(=O)c2cccc(N)c2)c(C)c1N. The molecular formula is C16H18N2O. The number of benzene rings is 2. The molecule has 2 aromatic rings. The summed E-state index contributed by atoms with van der Waals surface area (Å²) in [5.74, 6) is -0.0333. The van der Waals surface area contributed by atoms with Gasteiger partial charge in [-0.3, -0.25) is 4.79 Å². The quantitative estimate of drug-likeness (QED) is 0.639. The van der Waals surface area contributed by atoms with Gasteiger partial charge in [-0.05, 0) is 49.6 Å². The van der Waals surface area contributed by atoms with E-state index in [1.807, 2.05) is 26.8 Å². The maximum Gasteiger partial charge on any atom is 0.193 e. The fourth-order valence-corrected chi connectivity index (χ4v) is 2.37. The van der Waals surface area contributed by atoms with Gasteiger partial charge in [-0.15, -0.1) is 0 Å². The van der Waals surface area contributed by atoms with Crippen molar-refractivity contribution in [3.8, 4) is 0 Å². The van der Waals surface area contributed by atoms with Crippen LogP contribution in [0.3, 0.4) is 0 Å². The summed E-state index contributed by atoms with van der Waals surface area (Å²) in [7, 11) is 0. The van der Waals surface area contributed by atoms with Crippen LogP contribution in [-0.2, 0) is 0 Å². The predicted molar refractivity (Wildman–Crippen MR) is 79.4 cm³/mol. The van der Waals surface area contributed by atoms with Crippen LogP contribution in [-0.4, -0.2) is 5.78 Å². The van der Waals surface area contributed by atoms with Gasteiger partial charge in [-0.2, -0.15) is 0 Å². The highest BCUT2D eigenvalue weighted by atomic mass is 16.1. The third-order valence-electron chi connectivity index (χ3n) is 3.41. The minimum Gasteiger partial charge on any atom is -0.399 e. The number of rotatable bonds is 2. The Balaban J connectivity index is 2.60. The minimum atomic E-state index is -0.0333. The normalized spacial score (nSPS) is 10.5. The fourth-order valence-electron chi connectivity index (χ4n) is 2.37. The van der Waals surface area contributed by atoms with E-state index in [4.69, 9.17) is 11.5 Å². The van der Waals surface area contributed by atoms with Gasteiger partial charge in [0.05, 0.1) is 0 Å². The molecule has 2 rings (SSSR count). The first-order valence-electron chi connectivity index (χ1n) is 6.18. The van der Waals surface area contributed by atoms with Gasteiger partial charge in [-0.25, -0.2) is 0 Å². The molecule has 0 saturated carbocycles. The fraction of sp³-hybridized carbons (Fsp3) is 0.188. The zero-order valence-electron chi connectivity index (χ0n) is 11.4. The first-order chi connectivity index (χ1) is 8.91. The van der Waals surface area contributed by atoms with Crippen molar-refractivity contribution in [2.45, 2.75) is 20.8 Å². The third kappa shape index (κ3) is 2.32. The van der Waals surface area contributed by atoms with E-state index < -0.39 is 0 Å². The molecule has 4 N–H and O–H groups in total. The molecule has 0 spiro atoms. The number of nitrogens with two attached hydrogens (primary N) is 2. The zero-order valence-corrected chi connectivity index (χ0v) is 11.4. The van der Waals surface area contributed by atoms with Crippen molar-refractivity contribution in [2.75, 3.05) is 11.5 Å². The Labute approximate surface area is 113 Å². The van der Waals surface area contributed by atoms with Crippen LogP contribution in [0, 0.1) is 20.8 Å². The summed E-state index contributed by atoms with van der Waals surface area (Å²) in [6.45, 7) is 5.76. The topological polar surface area (TPSA) is 69.1 Å². The summed E-state index contributed by atoms with van der Waals surface area (Å²) < 4.78 is 0. The first-order valence-corrected chi connectivity index (χ1v) is 6.18. The number of nitrogen functional groups attached to an aromatic ring is 2. The zero-order chi connectivity index (χ0) is 14.2. The van der Waals surface area contributed by atoms with Crippen LogP contribution >= 0.6 is 0 Å². The number of carbonyl (C=O) groups is 1. The van der Waals surface area contributed by atoms with Gasteiger partial charge in [0.15, 0.2) is 5.78 Å². The van der Waals surface area contributed by atoms with Gasteiger partial charge in [0.1, 0.15) is 0 Å². The van der Waals surface area contributed by atoms with Gasteiger partial charge >= 0.3 is 0 Å². The molecular weight excluding hydrogens is 236 g/mol. The van der Waals surface area contributed by atoms with Crippen molar-refractivity contribution in [1.29, 1.82) is 0 Å². The van der Waals surface area contributed by atoms with Crippen LogP contribution in [0.5, 0.6) is 0 Å². The monoisotopic (exact) mass is 254 g/mol. The van der Waals surface area contributed by atoms with Gasteiger partial charge < -0.3 is 11.5 Å². The number of anilines is 2. The maximum atomic E-state index is 12.6. The number of hydrogen-bond acceptors (Lipinski definition) is 3. The Morgan fingerprint density at radius 2 is 1.68 bits per heavy atom. The lowest BCUT2D eigenvalue weighted by Gasteiger charge is -2.14. The number of ketones is 1. The molecule has 0 saturated heterocycles. The van der Waals surface area contributed by atoms with E-state index in [1.54, 1.807) is 24.3 Å². The highest BCUT2D eigenvalue weighted by Crippen LogP contribution is 2.26. The maximum absolute atomic E-state index is 12.6. The van der Waals surface area contributed by atoms with E-state index in [2.05, 4.69) is 0 Å². The predicted octanol–water partition coefficient (Wildman–Crippen LogP) is 3.01. The lowest BCUT2D eigenvalue weighted by atomic mass is 9.91. The van der Waals surface area contributed by atoms with Crippen LogP contribution in [0.1, 0.15) is 32.6 Å². The summed E-state index contributed by atoms with van der Waals surface area (Å²) in [6, 6.07) is 8.96. The van der Waals surface area contributed by atoms with E-state index in [-0.39, 0.29) is 5.78 Å². The van der Waals surface area contributed by atoms with Crippen molar-refractivity contribution < 1.29 is 4.79 Å². The summed E-state index contributed by atoms with van der Waals surface area (Å²) in [5.41, 5.74) is 17.1. The number of aryl methyl sites for hydroxylation is 2. The molecule has 0 bridgehead atoms. The average molecular weight is 254 g/mol. The summed E-state index contributed by atoms with van der Waals surface area (Å²) in [6.07, 6.45) is 0. The molecule has 0 aromatic heterocycles. The third-order valence-corrected chi connectivity index (χ3v) is 3.41. The van der Waals surface area contributed by atoms with E-state index >= 15 is 0 Å². The van der Waals surface area contributed by atoms with E-state index in [1.165, 1.54) is 0 Å². The summed E-state index contributed by atoms with van der Waals surface area (Å²) >= 11 is 0. The van der Waals surface area contributed by atoms with Gasteiger partial charge in [-0.1, -0.05) is 18.2 Å². The molecule has 0 aliphatic heterocycles. The molecule has 0 fully saturated rings. The molecule has 0 unspecified atom stereocenters. The second kappa shape index (κ2) is 4.76. The van der Waals surface area contributed by atoms with Crippen LogP contribution < -0.4 is 11.5 Å². The minimum absolute atomic E-state index is 0.0333. The smallest absolute Gasteiger partial charge is 0.193 e. The number of carbonyl (C=O) groups excluding carboxylic acids is 1. The molecule has 0 amide bonds. The molecule has 0 aliphatic carbocycles. The van der Waals surface area contributed by atoms with Crippen molar-refractivity contribution in [1.82, 2.24) is 0 Å². The first kappa shape index (κ1) is 13.1. The molecule has 0 aliphatic rings. The Morgan fingerprint density at radius 1 is 1.00 bits per heavy atom. The van der Waals surface area contributed by atoms with Crippen molar-refractivity contribution >= 4 is 17.2 Å². The molecule has 0 heterocycles. The van der Waals surface area contributed by atoms with Crippen molar-refractivity contribution in [3.05, 3.63) is 58.1 Å². The second-order valence-electron chi connectivity index (χ2n) is 4.88. The van der Waals surface area contributed by atoms with E-state index in [9.17, 15) is 4.79 Å². The highest BCUT2D eigenvalue weighted by Gasteiger charge is 2.17. The lowest BCUT2D eigenvalue weighted by molar-refractivity contribution is 0.103. The van der Waals surface area contributed by atoms with E-state index in [0.717, 1.165) is 16.7 Å². The lowest BCUT2D eigenvalue weighted by Crippen LogP contribution is -2.09. The Hall–Kier alpha value is -2.29. The average Bonchev–Trinajstić information content (AvgIpc) is 2.36. The number of hydrogen-bond donors (Lipinski definition) is 2. The van der Waals surface area contributed by atoms with Gasteiger partial charge in [0, 0.05) is 22.5 Å². The summed E-state index contributed by atoms with van der Waals surface area (Å²) in [4.78, 5) is 12.6. The molecule has 0 radical (unpaired) electrons. The second-order valence-corrected chi connectivity index (χ2v) is 4.88. The van der Waals surface area contributed by atoms with Crippen LogP contribution in [0.15, 0.2) is 30.3 Å². The van der Waals surface area contributed by atoms with Crippen LogP contribution in [0.25, 0.3) is 0 Å². The van der Waals surface area contributed by atoms with Crippen molar-refractivity contribution in [2.24, 2.45) is 0 Å². The molecule has 0 atom stereocenters. The van der Waals surface area contributed by atoms with Gasteiger partial charge in [0.25, 0.3) is 0 Å². The van der Waals surface area contributed by atoms with E-state index in [0.29, 0.717) is 22.5 Å². The Kier molecular flexibility index (Phi) is 3.30. The molecule has 98 valence electrons. The molecule has 3 nitrogen and oxygen atoms in total. The van der Waals surface area contributed by atoms with Gasteiger partial charge in [0.2, 0.25) is 0 Å². The van der Waals surface area contributed by atoms with Crippen molar-refractivity contribution in [3.63, 3.8) is 0 Å². The molecule has 2 aromatic carbocycles. The van der Waals surface area contributed by atoms with Crippen LogP contribution in [0.4, 0.5) is 11.4 Å². The Morgan fingerprint density at radius 3 is 2.32 bits per heavy atom. The molecule has 19 heavy (non-hydrogen) atoms. The summed E-state index contributed by atoms with van der Waals surface area (Å²) in [5, 5.41) is 0. The largest absolute Gasteiger partial charge is 0.399 e.